The third-order valence-corrected chi connectivity index (χ3v) is 3.36. The first-order chi connectivity index (χ1) is 7.66. The fourth-order valence-corrected chi connectivity index (χ4v) is 2.52. The molecule has 1 saturated heterocycles. The summed E-state index contributed by atoms with van der Waals surface area (Å²) in [6.45, 7) is 1.06. The summed E-state index contributed by atoms with van der Waals surface area (Å²) in [6.07, 6.45) is -0.0652. The molecule has 1 heterocycles. The fraction of sp³-hybridized carbons (Fsp3) is 0.417. The number of carbonyl (C=O) groups is 1. The van der Waals surface area contributed by atoms with Gasteiger partial charge in [-0.25, -0.2) is 0 Å². The highest BCUT2D eigenvalue weighted by Gasteiger charge is 2.29. The highest BCUT2D eigenvalue weighted by atomic mass is 79.9. The molecule has 1 aliphatic rings. The van der Waals surface area contributed by atoms with E-state index in [4.69, 9.17) is 0 Å². The molecule has 1 aliphatic heterocycles. The van der Waals surface area contributed by atoms with Gasteiger partial charge in [-0.2, -0.15) is 0 Å². The van der Waals surface area contributed by atoms with Gasteiger partial charge in [0.25, 0.3) is 0 Å². The van der Waals surface area contributed by atoms with Crippen LogP contribution in [-0.4, -0.2) is 33.8 Å². The molecule has 2 atom stereocenters. The Balaban J connectivity index is 1.98. The number of rotatable bonds is 3. The van der Waals surface area contributed by atoms with Crippen molar-refractivity contribution in [1.29, 1.82) is 0 Å². The molecule has 0 saturated carbocycles. The molecule has 2 rings (SSSR count). The maximum absolute atomic E-state index is 11.5. The molecule has 1 fully saturated rings. The molecule has 0 bridgehead atoms. The van der Waals surface area contributed by atoms with Crippen molar-refractivity contribution in [2.45, 2.75) is 17.4 Å². The molecule has 2 unspecified atom stereocenters. The summed E-state index contributed by atoms with van der Waals surface area (Å²) < 4.78 is 0. The fourth-order valence-electron chi connectivity index (χ4n) is 1.89. The molecule has 1 aromatic carbocycles. The zero-order chi connectivity index (χ0) is 11.5. The second-order valence-electron chi connectivity index (χ2n) is 4.03. The van der Waals surface area contributed by atoms with Crippen LogP contribution in [0.15, 0.2) is 30.3 Å². The van der Waals surface area contributed by atoms with Crippen molar-refractivity contribution in [2.24, 2.45) is 0 Å². The molecule has 1 amide bonds. The Kier molecular flexibility index (Phi) is 3.61. The molecule has 0 aliphatic carbocycles. The second kappa shape index (κ2) is 4.97. The number of β-amino-alcohol motifs (C(OH)–C–C–N with tert-alkyl or cyclic N) is 1. The van der Waals surface area contributed by atoms with Gasteiger partial charge in [-0.3, -0.25) is 4.79 Å². The van der Waals surface area contributed by atoms with Crippen molar-refractivity contribution in [3.05, 3.63) is 35.9 Å². The van der Waals surface area contributed by atoms with Gasteiger partial charge in [0.1, 0.15) is 0 Å². The van der Waals surface area contributed by atoms with Crippen LogP contribution in [0.25, 0.3) is 0 Å². The first-order valence-electron chi connectivity index (χ1n) is 5.31. The van der Waals surface area contributed by atoms with Crippen molar-refractivity contribution in [2.75, 3.05) is 13.1 Å². The molecule has 0 spiro atoms. The predicted octanol–water partition coefficient (Wildman–Crippen LogP) is 1.72. The Labute approximate surface area is 103 Å². The number of aliphatic hydroxyl groups is 1. The van der Waals surface area contributed by atoms with Crippen LogP contribution in [0, 0.1) is 0 Å². The van der Waals surface area contributed by atoms with Crippen molar-refractivity contribution in [3.63, 3.8) is 0 Å². The Morgan fingerprint density at radius 2 is 2.12 bits per heavy atom. The van der Waals surface area contributed by atoms with E-state index in [0.717, 1.165) is 5.56 Å². The van der Waals surface area contributed by atoms with E-state index in [1.807, 2.05) is 30.3 Å². The molecule has 3 nitrogen and oxygen atoms in total. The first kappa shape index (κ1) is 11.6. The summed E-state index contributed by atoms with van der Waals surface area (Å²) in [6, 6.07) is 9.43. The largest absolute Gasteiger partial charge is 0.387 e. The van der Waals surface area contributed by atoms with Gasteiger partial charge in [0, 0.05) is 17.8 Å². The number of hydrogen-bond donors (Lipinski definition) is 1. The van der Waals surface area contributed by atoms with Crippen molar-refractivity contribution in [3.8, 4) is 0 Å². The van der Waals surface area contributed by atoms with Gasteiger partial charge in [0.05, 0.1) is 12.6 Å². The highest BCUT2D eigenvalue weighted by Crippen LogP contribution is 2.21. The normalized spacial score (nSPS) is 22.5. The summed E-state index contributed by atoms with van der Waals surface area (Å²) in [7, 11) is 0. The van der Waals surface area contributed by atoms with E-state index in [9.17, 15) is 9.90 Å². The summed E-state index contributed by atoms with van der Waals surface area (Å²) in [5, 5.41) is 9.98. The minimum absolute atomic E-state index is 0.108. The summed E-state index contributed by atoms with van der Waals surface area (Å²) in [5.41, 5.74) is 0.855. The quantitative estimate of drug-likeness (QED) is 0.858. The van der Waals surface area contributed by atoms with E-state index in [-0.39, 0.29) is 10.7 Å². The minimum atomic E-state index is -0.594. The van der Waals surface area contributed by atoms with Crippen LogP contribution in [-0.2, 0) is 4.79 Å². The van der Waals surface area contributed by atoms with E-state index < -0.39 is 6.10 Å². The Morgan fingerprint density at radius 1 is 1.44 bits per heavy atom. The Hall–Kier alpha value is -0.870. The van der Waals surface area contributed by atoms with Gasteiger partial charge in [-0.1, -0.05) is 46.3 Å². The third kappa shape index (κ3) is 2.62. The molecule has 0 radical (unpaired) electrons. The average Bonchev–Trinajstić information content (AvgIpc) is 2.59. The van der Waals surface area contributed by atoms with Crippen molar-refractivity contribution >= 4 is 21.8 Å². The van der Waals surface area contributed by atoms with Gasteiger partial charge in [0.15, 0.2) is 0 Å². The first-order valence-corrected chi connectivity index (χ1v) is 6.23. The highest BCUT2D eigenvalue weighted by molar-refractivity contribution is 9.09. The molecular formula is C12H14BrNO2. The molecule has 0 aromatic heterocycles. The van der Waals surface area contributed by atoms with E-state index in [0.29, 0.717) is 19.5 Å². The van der Waals surface area contributed by atoms with Crippen molar-refractivity contribution < 1.29 is 9.90 Å². The third-order valence-electron chi connectivity index (χ3n) is 2.74. The number of nitrogens with zero attached hydrogens (tertiary/aromatic N) is 1. The second-order valence-corrected chi connectivity index (χ2v) is 5.32. The SMILES string of the molecule is O=C1CC(Br)CN1CC(O)c1ccccc1. The van der Waals surface area contributed by atoms with Crippen LogP contribution in [0.5, 0.6) is 0 Å². The predicted molar refractivity (Wildman–Crippen MR) is 65.3 cm³/mol. The molecule has 1 N–H and O–H groups in total. The number of carbonyl (C=O) groups excluding carboxylic acids is 1. The number of halogens is 1. The number of amides is 1. The maximum atomic E-state index is 11.5. The lowest BCUT2D eigenvalue weighted by Crippen LogP contribution is -2.30. The van der Waals surface area contributed by atoms with Crippen LogP contribution in [0.1, 0.15) is 18.1 Å². The number of benzene rings is 1. The monoisotopic (exact) mass is 283 g/mol. The van der Waals surface area contributed by atoms with Gasteiger partial charge < -0.3 is 10.0 Å². The van der Waals surface area contributed by atoms with Gasteiger partial charge in [-0.15, -0.1) is 0 Å². The van der Waals surface area contributed by atoms with Gasteiger partial charge in [0.2, 0.25) is 5.91 Å². The zero-order valence-corrected chi connectivity index (χ0v) is 10.4. The van der Waals surface area contributed by atoms with E-state index in [2.05, 4.69) is 15.9 Å². The zero-order valence-electron chi connectivity index (χ0n) is 8.84. The standard InChI is InChI=1S/C12H14BrNO2/c13-10-6-12(16)14(7-10)8-11(15)9-4-2-1-3-5-9/h1-5,10-11,15H,6-8H2. The van der Waals surface area contributed by atoms with E-state index >= 15 is 0 Å². The Bertz CT molecular complexity index is 369. The van der Waals surface area contributed by atoms with E-state index in [1.165, 1.54) is 0 Å². The molecule has 4 heteroatoms. The Morgan fingerprint density at radius 3 is 2.69 bits per heavy atom. The van der Waals surface area contributed by atoms with Crippen LogP contribution >= 0.6 is 15.9 Å². The summed E-state index contributed by atoms with van der Waals surface area (Å²) >= 11 is 3.42. The molecule has 16 heavy (non-hydrogen) atoms. The van der Waals surface area contributed by atoms with Gasteiger partial charge >= 0.3 is 0 Å². The lowest BCUT2D eigenvalue weighted by atomic mass is 10.1. The smallest absolute Gasteiger partial charge is 0.223 e. The van der Waals surface area contributed by atoms with E-state index in [1.54, 1.807) is 4.90 Å². The maximum Gasteiger partial charge on any atom is 0.223 e. The van der Waals surface area contributed by atoms with Crippen LogP contribution in [0.3, 0.4) is 0 Å². The van der Waals surface area contributed by atoms with Crippen LogP contribution in [0.2, 0.25) is 0 Å². The topological polar surface area (TPSA) is 40.5 Å². The summed E-state index contributed by atoms with van der Waals surface area (Å²) in [5.74, 6) is 0.108. The average molecular weight is 284 g/mol. The molecule has 86 valence electrons. The van der Waals surface area contributed by atoms with Crippen LogP contribution < -0.4 is 0 Å². The number of likely N-dealkylation sites (tertiary alicyclic amines) is 1. The minimum Gasteiger partial charge on any atom is -0.387 e. The molecule has 1 aromatic rings. The van der Waals surface area contributed by atoms with Crippen molar-refractivity contribution in [1.82, 2.24) is 4.90 Å². The lowest BCUT2D eigenvalue weighted by Gasteiger charge is -2.20. The number of aliphatic hydroxyl groups excluding tert-OH is 1. The number of hydrogen-bond acceptors (Lipinski definition) is 2. The van der Waals surface area contributed by atoms with Gasteiger partial charge in [-0.05, 0) is 5.56 Å². The van der Waals surface area contributed by atoms with Crippen LogP contribution in [0.4, 0.5) is 0 Å². The summed E-state index contributed by atoms with van der Waals surface area (Å²) in [4.78, 5) is 13.5. The molecular weight excluding hydrogens is 270 g/mol. The number of alkyl halides is 1. The lowest BCUT2D eigenvalue weighted by molar-refractivity contribution is -0.128.